The number of rotatable bonds is 4. The molecule has 9 aromatic carbocycles. The van der Waals surface area contributed by atoms with Crippen molar-refractivity contribution >= 4 is 65.2 Å². The first kappa shape index (κ1) is 31.0. The number of hydrogen-bond acceptors (Lipinski definition) is 3. The van der Waals surface area contributed by atoms with E-state index in [0.717, 1.165) is 55.1 Å². The predicted octanol–water partition coefficient (Wildman–Crippen LogP) is 14.1. The van der Waals surface area contributed by atoms with Gasteiger partial charge in [-0.3, -0.25) is 4.98 Å². The van der Waals surface area contributed by atoms with Gasteiger partial charge in [0.2, 0.25) is 0 Å². The van der Waals surface area contributed by atoms with Crippen LogP contribution in [0.2, 0.25) is 0 Å². The van der Waals surface area contributed by atoms with Gasteiger partial charge in [-0.15, -0.1) is 0 Å². The molecule has 2 heterocycles. The van der Waals surface area contributed by atoms with E-state index >= 15 is 0 Å². The summed E-state index contributed by atoms with van der Waals surface area (Å²) in [6.07, 6.45) is 1.87. The van der Waals surface area contributed by atoms with Crippen molar-refractivity contribution < 1.29 is 4.42 Å². The fourth-order valence-corrected chi connectivity index (χ4v) is 8.46. The van der Waals surface area contributed by atoms with Gasteiger partial charge in [0.15, 0.2) is 0 Å². The lowest BCUT2D eigenvalue weighted by Gasteiger charge is -2.16. The molecule has 0 bridgehead atoms. The van der Waals surface area contributed by atoms with Crippen LogP contribution in [-0.2, 0) is 0 Å². The first-order valence-electron chi connectivity index (χ1n) is 18.5. The third-order valence-electron chi connectivity index (χ3n) is 11.1. The van der Waals surface area contributed by atoms with Gasteiger partial charge in [-0.25, -0.2) is 0 Å². The number of nitriles is 1. The van der Waals surface area contributed by atoms with Gasteiger partial charge in [0.1, 0.15) is 11.2 Å². The minimum atomic E-state index is 0.626. The zero-order valence-corrected chi connectivity index (χ0v) is 29.6. The molecular weight excluding hydrogens is 669 g/mol. The molecule has 3 heteroatoms. The van der Waals surface area contributed by atoms with Crippen LogP contribution in [0, 0.1) is 11.3 Å². The van der Waals surface area contributed by atoms with Crippen molar-refractivity contribution in [2.75, 3.05) is 0 Å². The second-order valence-corrected chi connectivity index (χ2v) is 14.2. The molecule has 0 aliphatic heterocycles. The largest absolute Gasteiger partial charge is 0.456 e. The molecular formula is C52H30N2O. The maximum Gasteiger partial charge on any atom is 0.135 e. The van der Waals surface area contributed by atoms with Gasteiger partial charge >= 0.3 is 0 Å². The molecule has 0 saturated heterocycles. The van der Waals surface area contributed by atoms with E-state index in [4.69, 9.17) is 9.40 Å². The summed E-state index contributed by atoms with van der Waals surface area (Å²) in [7, 11) is 0. The fourth-order valence-electron chi connectivity index (χ4n) is 8.46. The number of nitrogens with zero attached hydrogens (tertiary/aromatic N) is 2. The summed E-state index contributed by atoms with van der Waals surface area (Å²) in [6, 6.07) is 64.8. The Morgan fingerprint density at radius 1 is 0.382 bits per heavy atom. The molecule has 0 saturated carbocycles. The first-order chi connectivity index (χ1) is 27.2. The highest BCUT2D eigenvalue weighted by Gasteiger charge is 2.16. The normalized spacial score (nSPS) is 11.6. The maximum absolute atomic E-state index is 9.48. The standard InChI is InChI=1S/C52H30N2O/c53-31-32-14-24-50-48(27-32)49-28-38(23-25-51(49)55-50)33-15-17-35(18-16-33)44-29-46-43-12-4-2-10-41(43)45(30-47(46)42-11-3-1-9-40(42)44)36-21-19-34(20-22-36)39-13-5-7-37-8-6-26-54-52(37)39/h1-30H. The molecule has 2 aromatic heterocycles. The number of pyridine rings is 1. The molecule has 55 heavy (non-hydrogen) atoms. The minimum absolute atomic E-state index is 0.626. The van der Waals surface area contributed by atoms with Crippen molar-refractivity contribution in [3.05, 3.63) is 188 Å². The van der Waals surface area contributed by atoms with Crippen molar-refractivity contribution in [2.24, 2.45) is 0 Å². The van der Waals surface area contributed by atoms with Gasteiger partial charge in [-0.1, -0.05) is 127 Å². The lowest BCUT2D eigenvalue weighted by atomic mass is 9.87. The summed E-state index contributed by atoms with van der Waals surface area (Å²) in [5.74, 6) is 0. The van der Waals surface area contributed by atoms with E-state index in [0.29, 0.717) is 5.56 Å². The predicted molar refractivity (Wildman–Crippen MR) is 228 cm³/mol. The Morgan fingerprint density at radius 3 is 1.55 bits per heavy atom. The smallest absolute Gasteiger partial charge is 0.135 e. The Bertz CT molecular complexity index is 3360. The highest BCUT2D eigenvalue weighted by atomic mass is 16.3. The van der Waals surface area contributed by atoms with E-state index in [1.54, 1.807) is 6.07 Å². The van der Waals surface area contributed by atoms with Gasteiger partial charge in [0.25, 0.3) is 0 Å². The summed E-state index contributed by atoms with van der Waals surface area (Å²) in [4.78, 5) is 4.70. The van der Waals surface area contributed by atoms with Crippen LogP contribution in [-0.4, -0.2) is 4.98 Å². The van der Waals surface area contributed by atoms with Crippen LogP contribution in [0.4, 0.5) is 0 Å². The molecule has 0 unspecified atom stereocenters. The van der Waals surface area contributed by atoms with Crippen LogP contribution in [0.5, 0.6) is 0 Å². The van der Waals surface area contributed by atoms with Crippen LogP contribution in [0.1, 0.15) is 5.56 Å². The van der Waals surface area contributed by atoms with E-state index in [1.807, 2.05) is 30.5 Å². The fraction of sp³-hybridized carbons (Fsp3) is 0. The van der Waals surface area contributed by atoms with Crippen LogP contribution in [0.3, 0.4) is 0 Å². The summed E-state index contributed by atoms with van der Waals surface area (Å²) in [5, 5.41) is 20.0. The summed E-state index contributed by atoms with van der Waals surface area (Å²) < 4.78 is 6.08. The van der Waals surface area contributed by atoms with Crippen molar-refractivity contribution in [3.63, 3.8) is 0 Å². The monoisotopic (exact) mass is 698 g/mol. The van der Waals surface area contributed by atoms with Gasteiger partial charge < -0.3 is 4.42 Å². The zero-order chi connectivity index (χ0) is 36.5. The molecule has 0 aliphatic carbocycles. The molecule has 0 aliphatic rings. The van der Waals surface area contributed by atoms with Crippen LogP contribution < -0.4 is 0 Å². The van der Waals surface area contributed by atoms with Crippen LogP contribution >= 0.6 is 0 Å². The molecule has 0 spiro atoms. The van der Waals surface area contributed by atoms with E-state index in [2.05, 4.69) is 152 Å². The topological polar surface area (TPSA) is 49.8 Å². The van der Waals surface area contributed by atoms with E-state index in [-0.39, 0.29) is 0 Å². The minimum Gasteiger partial charge on any atom is -0.456 e. The summed E-state index contributed by atoms with van der Waals surface area (Å²) in [6.45, 7) is 0. The molecule has 0 N–H and O–H groups in total. The first-order valence-corrected chi connectivity index (χ1v) is 18.5. The number of benzene rings is 9. The summed E-state index contributed by atoms with van der Waals surface area (Å²) in [5.41, 5.74) is 12.6. The number of aromatic nitrogens is 1. The van der Waals surface area contributed by atoms with Crippen LogP contribution in [0.25, 0.3) is 110 Å². The Morgan fingerprint density at radius 2 is 0.909 bits per heavy atom. The highest BCUT2D eigenvalue weighted by Crippen LogP contribution is 2.43. The molecule has 3 nitrogen and oxygen atoms in total. The van der Waals surface area contributed by atoms with Crippen molar-refractivity contribution in [2.45, 2.75) is 0 Å². The number of para-hydroxylation sites is 1. The molecule has 11 rings (SSSR count). The Balaban J connectivity index is 1.02. The van der Waals surface area contributed by atoms with Gasteiger partial charge in [-0.05, 0) is 120 Å². The molecule has 0 atom stereocenters. The number of fused-ring (bicyclic) bond motifs is 9. The molecule has 254 valence electrons. The maximum atomic E-state index is 9.48. The van der Waals surface area contributed by atoms with Gasteiger partial charge in [0.05, 0.1) is 17.1 Å². The molecule has 0 radical (unpaired) electrons. The van der Waals surface area contributed by atoms with Crippen molar-refractivity contribution in [3.8, 4) is 50.6 Å². The molecule has 0 fully saturated rings. The molecule has 11 aromatic rings. The second-order valence-electron chi connectivity index (χ2n) is 14.2. The Kier molecular flexibility index (Phi) is 6.92. The quantitative estimate of drug-likeness (QED) is 0.172. The lowest BCUT2D eigenvalue weighted by molar-refractivity contribution is 0.669. The zero-order valence-electron chi connectivity index (χ0n) is 29.6. The SMILES string of the molecule is N#Cc1ccc2oc3ccc(-c4ccc(-c5cc6c7ccccc7c(-c7ccc(-c8cccc9cccnc89)cc7)cc6c6ccccc56)cc4)cc3c2c1. The average Bonchev–Trinajstić information content (AvgIpc) is 3.63. The second kappa shape index (κ2) is 12.3. The Labute approximate surface area is 317 Å². The van der Waals surface area contributed by atoms with E-state index in [1.165, 1.54) is 54.6 Å². The Hall–Kier alpha value is -7.54. The summed E-state index contributed by atoms with van der Waals surface area (Å²) >= 11 is 0. The van der Waals surface area contributed by atoms with E-state index in [9.17, 15) is 5.26 Å². The number of furan rings is 1. The highest BCUT2D eigenvalue weighted by molar-refractivity contribution is 6.24. The lowest BCUT2D eigenvalue weighted by Crippen LogP contribution is -1.89. The van der Waals surface area contributed by atoms with Crippen molar-refractivity contribution in [1.29, 1.82) is 5.26 Å². The third-order valence-corrected chi connectivity index (χ3v) is 11.1. The van der Waals surface area contributed by atoms with Gasteiger partial charge in [-0.2, -0.15) is 5.26 Å². The third kappa shape index (κ3) is 5.00. The van der Waals surface area contributed by atoms with E-state index < -0.39 is 0 Å². The van der Waals surface area contributed by atoms with Crippen LogP contribution in [0.15, 0.2) is 187 Å². The molecule has 0 amide bonds. The average molecular weight is 699 g/mol. The number of hydrogen-bond donors (Lipinski definition) is 0. The van der Waals surface area contributed by atoms with Gasteiger partial charge in [0, 0.05) is 27.9 Å². The van der Waals surface area contributed by atoms with Crippen molar-refractivity contribution in [1.82, 2.24) is 4.98 Å².